The van der Waals surface area contributed by atoms with Crippen LogP contribution in [0.25, 0.3) is 0 Å². The predicted octanol–water partition coefficient (Wildman–Crippen LogP) is 2.61. The highest BCUT2D eigenvalue weighted by Gasteiger charge is 2.17. The summed E-state index contributed by atoms with van der Waals surface area (Å²) in [5.41, 5.74) is 7.87. The van der Waals surface area contributed by atoms with Gasteiger partial charge in [0.05, 0.1) is 0 Å². The zero-order valence-electron chi connectivity index (χ0n) is 12.0. The van der Waals surface area contributed by atoms with Crippen LogP contribution >= 0.6 is 0 Å². The Morgan fingerprint density at radius 3 is 2.57 bits per heavy atom. The number of nitrogens with one attached hydrogen (secondary N) is 1. The predicted molar refractivity (Wildman–Crippen MR) is 83.0 cm³/mol. The molecule has 0 aliphatic heterocycles. The summed E-state index contributed by atoms with van der Waals surface area (Å²) < 4.78 is 0. The first-order valence-electron chi connectivity index (χ1n) is 6.88. The Balaban J connectivity index is 2.16. The summed E-state index contributed by atoms with van der Waals surface area (Å²) in [7, 11) is 0. The molecule has 0 aliphatic carbocycles. The van der Waals surface area contributed by atoms with E-state index in [-0.39, 0.29) is 17.9 Å². The maximum absolute atomic E-state index is 8.81. The Morgan fingerprint density at radius 1 is 1.24 bits per heavy atom. The molecule has 4 N–H and O–H groups in total. The van der Waals surface area contributed by atoms with Crippen LogP contribution in [0.4, 0.5) is 0 Å². The van der Waals surface area contributed by atoms with E-state index in [9.17, 15) is 0 Å². The van der Waals surface area contributed by atoms with E-state index in [4.69, 9.17) is 10.9 Å². The Hall–Kier alpha value is -2.40. The molecule has 5 nitrogen and oxygen atoms in total. The van der Waals surface area contributed by atoms with Gasteiger partial charge in [0.1, 0.15) is 5.84 Å². The second-order valence-corrected chi connectivity index (χ2v) is 4.93. The topological polar surface area (TPSA) is 83.5 Å². The van der Waals surface area contributed by atoms with Crippen molar-refractivity contribution in [2.45, 2.75) is 25.4 Å². The molecule has 1 heterocycles. The molecule has 5 heteroatoms. The number of hydrogen-bond acceptors (Lipinski definition) is 4. The van der Waals surface area contributed by atoms with Crippen molar-refractivity contribution in [3.8, 4) is 0 Å². The molecule has 0 fully saturated rings. The Morgan fingerprint density at radius 2 is 1.95 bits per heavy atom. The zero-order chi connectivity index (χ0) is 15.1. The number of nitrogens with two attached hydrogens (primary N) is 1. The molecule has 0 bridgehead atoms. The smallest absolute Gasteiger partial charge is 0.141 e. The van der Waals surface area contributed by atoms with E-state index in [1.54, 1.807) is 6.20 Å². The van der Waals surface area contributed by atoms with Gasteiger partial charge in [0.25, 0.3) is 0 Å². The molecule has 1 aromatic heterocycles. The largest absolute Gasteiger partial charge is 0.409 e. The molecule has 110 valence electrons. The van der Waals surface area contributed by atoms with Gasteiger partial charge in [0, 0.05) is 30.9 Å². The van der Waals surface area contributed by atoms with Crippen LogP contribution in [-0.2, 0) is 0 Å². The van der Waals surface area contributed by atoms with Gasteiger partial charge in [0.2, 0.25) is 0 Å². The second-order valence-electron chi connectivity index (χ2n) is 4.93. The van der Waals surface area contributed by atoms with Crippen LogP contribution in [0.5, 0.6) is 0 Å². The highest BCUT2D eigenvalue weighted by atomic mass is 16.4. The first kappa shape index (κ1) is 15.0. The van der Waals surface area contributed by atoms with E-state index < -0.39 is 0 Å². The van der Waals surface area contributed by atoms with E-state index in [0.717, 1.165) is 11.1 Å². The molecule has 1 unspecified atom stereocenters. The third-order valence-corrected chi connectivity index (χ3v) is 3.38. The van der Waals surface area contributed by atoms with Crippen LogP contribution in [-0.4, -0.2) is 16.0 Å². The van der Waals surface area contributed by atoms with E-state index in [2.05, 4.69) is 22.4 Å². The average molecular weight is 284 g/mol. The average Bonchev–Trinajstić information content (AvgIpc) is 2.55. The van der Waals surface area contributed by atoms with Crippen molar-refractivity contribution in [1.82, 2.24) is 10.3 Å². The van der Waals surface area contributed by atoms with Gasteiger partial charge in [0.15, 0.2) is 0 Å². The van der Waals surface area contributed by atoms with Crippen LogP contribution < -0.4 is 11.1 Å². The van der Waals surface area contributed by atoms with Crippen molar-refractivity contribution in [2.75, 3.05) is 0 Å². The maximum Gasteiger partial charge on any atom is 0.141 e. The van der Waals surface area contributed by atoms with Crippen molar-refractivity contribution in [3.05, 3.63) is 66.0 Å². The highest BCUT2D eigenvalue weighted by Crippen LogP contribution is 2.21. The second kappa shape index (κ2) is 7.40. The Labute approximate surface area is 124 Å². The molecule has 0 radical (unpaired) electrons. The summed E-state index contributed by atoms with van der Waals surface area (Å²) >= 11 is 0. The number of oxime groups is 1. The van der Waals surface area contributed by atoms with Gasteiger partial charge in [-0.05, 0) is 24.1 Å². The van der Waals surface area contributed by atoms with Crippen LogP contribution in [0.3, 0.4) is 0 Å². The first-order valence-corrected chi connectivity index (χ1v) is 6.88. The number of hydrogen-bond donors (Lipinski definition) is 3. The zero-order valence-corrected chi connectivity index (χ0v) is 12.0. The normalized spacial score (nSPS) is 14.6. The van der Waals surface area contributed by atoms with Crippen molar-refractivity contribution in [3.63, 3.8) is 0 Å². The van der Waals surface area contributed by atoms with E-state index >= 15 is 0 Å². The van der Waals surface area contributed by atoms with E-state index in [1.807, 2.05) is 48.7 Å². The Bertz CT molecular complexity index is 571. The molecule has 0 saturated heterocycles. The third-order valence-electron chi connectivity index (χ3n) is 3.38. The lowest BCUT2D eigenvalue weighted by Crippen LogP contribution is -2.29. The lowest BCUT2D eigenvalue weighted by atomic mass is 10.0. The summed E-state index contributed by atoms with van der Waals surface area (Å²) in [4.78, 5) is 4.13. The standard InChI is InChI=1S/C16H20N4O/c1-12(14-8-5-9-18-11-14)19-15(10-16(17)20-21)13-6-3-2-4-7-13/h2-9,11-12,15,19,21H,10H2,1H3,(H2,17,20)/t12-,15?/m1/s1. The number of amidine groups is 1. The fraction of sp³-hybridized carbons (Fsp3) is 0.250. The van der Waals surface area contributed by atoms with Crippen molar-refractivity contribution >= 4 is 5.84 Å². The molecular formula is C16H20N4O. The molecule has 0 amide bonds. The van der Waals surface area contributed by atoms with Gasteiger partial charge in [-0.3, -0.25) is 4.98 Å². The summed E-state index contributed by atoms with van der Waals surface area (Å²) in [6, 6.07) is 14.0. The lowest BCUT2D eigenvalue weighted by Gasteiger charge is -2.23. The monoisotopic (exact) mass is 284 g/mol. The minimum atomic E-state index is -0.0303. The Kier molecular flexibility index (Phi) is 5.29. The lowest BCUT2D eigenvalue weighted by molar-refractivity contribution is 0.315. The molecular weight excluding hydrogens is 264 g/mol. The molecule has 0 saturated carbocycles. The van der Waals surface area contributed by atoms with E-state index in [0.29, 0.717) is 6.42 Å². The van der Waals surface area contributed by atoms with Crippen LogP contribution in [0.1, 0.15) is 36.6 Å². The van der Waals surface area contributed by atoms with Gasteiger partial charge in [-0.25, -0.2) is 0 Å². The van der Waals surface area contributed by atoms with Crippen LogP contribution in [0.2, 0.25) is 0 Å². The number of aromatic nitrogens is 1. The minimum Gasteiger partial charge on any atom is -0.409 e. The van der Waals surface area contributed by atoms with Crippen LogP contribution in [0, 0.1) is 0 Å². The summed E-state index contributed by atoms with van der Waals surface area (Å²) in [6.07, 6.45) is 4.02. The van der Waals surface area contributed by atoms with Gasteiger partial charge >= 0.3 is 0 Å². The SMILES string of the molecule is C[C@@H](NC(C/C(N)=N/O)c1ccccc1)c1cccnc1. The molecule has 21 heavy (non-hydrogen) atoms. The number of pyridine rings is 1. The van der Waals surface area contributed by atoms with Gasteiger partial charge in [-0.2, -0.15) is 0 Å². The molecule has 2 atom stereocenters. The molecule has 0 spiro atoms. The first-order chi connectivity index (χ1) is 10.2. The van der Waals surface area contributed by atoms with Crippen molar-refractivity contribution in [2.24, 2.45) is 10.9 Å². The fourth-order valence-corrected chi connectivity index (χ4v) is 2.24. The maximum atomic E-state index is 8.81. The van der Waals surface area contributed by atoms with Gasteiger partial charge < -0.3 is 16.3 Å². The summed E-state index contributed by atoms with van der Waals surface area (Å²) in [5, 5.41) is 15.4. The number of benzene rings is 1. The highest BCUT2D eigenvalue weighted by molar-refractivity contribution is 5.80. The number of nitrogens with zero attached hydrogens (tertiary/aromatic N) is 2. The van der Waals surface area contributed by atoms with Gasteiger partial charge in [-0.1, -0.05) is 41.6 Å². The van der Waals surface area contributed by atoms with Crippen LogP contribution in [0.15, 0.2) is 60.0 Å². The van der Waals surface area contributed by atoms with Gasteiger partial charge in [-0.15, -0.1) is 0 Å². The summed E-state index contributed by atoms with van der Waals surface area (Å²) in [5.74, 6) is 0.203. The molecule has 0 aliphatic rings. The third kappa shape index (κ3) is 4.29. The fourth-order valence-electron chi connectivity index (χ4n) is 2.24. The summed E-state index contributed by atoms with van der Waals surface area (Å²) in [6.45, 7) is 2.07. The molecule has 2 rings (SSSR count). The van der Waals surface area contributed by atoms with Crippen molar-refractivity contribution < 1.29 is 5.21 Å². The number of rotatable bonds is 6. The van der Waals surface area contributed by atoms with Crippen molar-refractivity contribution in [1.29, 1.82) is 0 Å². The molecule has 2 aromatic rings. The molecule has 1 aromatic carbocycles. The minimum absolute atomic E-state index is 0.0303. The quantitative estimate of drug-likeness (QED) is 0.329. The van der Waals surface area contributed by atoms with E-state index in [1.165, 1.54) is 0 Å².